The lowest BCUT2D eigenvalue weighted by Crippen LogP contribution is -2.29. The van der Waals surface area contributed by atoms with Crippen LogP contribution in [0.1, 0.15) is 13.3 Å². The number of terminal acetylenes is 1. The number of halogens is 3. The van der Waals surface area contributed by atoms with Crippen molar-refractivity contribution in [1.82, 2.24) is 5.32 Å². The molecule has 5 heteroatoms. The molecule has 0 radical (unpaired) electrons. The molecule has 0 saturated carbocycles. The zero-order chi connectivity index (χ0) is 11.0. The van der Waals surface area contributed by atoms with E-state index in [1.165, 1.54) is 0 Å². The minimum absolute atomic E-state index is 0.0153. The van der Waals surface area contributed by atoms with Gasteiger partial charge < -0.3 is 10.1 Å². The van der Waals surface area contributed by atoms with Gasteiger partial charge in [0.2, 0.25) is 0 Å². The van der Waals surface area contributed by atoms with Gasteiger partial charge in [0.05, 0.1) is 6.04 Å². The smallest absolute Gasteiger partial charge is 0.372 e. The van der Waals surface area contributed by atoms with Crippen molar-refractivity contribution in [2.24, 2.45) is 0 Å². The van der Waals surface area contributed by atoms with E-state index in [0.717, 1.165) is 0 Å². The second kappa shape index (κ2) is 6.68. The van der Waals surface area contributed by atoms with Crippen LogP contribution in [0.4, 0.5) is 13.2 Å². The number of ether oxygens (including phenoxy) is 1. The maximum absolute atomic E-state index is 11.6. The summed E-state index contributed by atoms with van der Waals surface area (Å²) in [4.78, 5) is 0. The molecule has 1 N–H and O–H groups in total. The second-order valence-electron chi connectivity index (χ2n) is 2.73. The molecule has 0 aromatic heterocycles. The van der Waals surface area contributed by atoms with Crippen LogP contribution in [0.25, 0.3) is 0 Å². The van der Waals surface area contributed by atoms with Gasteiger partial charge in [-0.1, -0.05) is 12.8 Å². The van der Waals surface area contributed by atoms with E-state index in [9.17, 15) is 13.2 Å². The van der Waals surface area contributed by atoms with Crippen LogP contribution in [0.2, 0.25) is 0 Å². The highest BCUT2D eigenvalue weighted by molar-refractivity contribution is 4.98. The Kier molecular flexibility index (Phi) is 6.34. The van der Waals surface area contributed by atoms with Crippen molar-refractivity contribution in [3.05, 3.63) is 0 Å². The van der Waals surface area contributed by atoms with Gasteiger partial charge in [-0.25, -0.2) is 0 Å². The van der Waals surface area contributed by atoms with Crippen molar-refractivity contribution in [3.8, 4) is 12.3 Å². The Balaban J connectivity index is 3.48. The molecule has 0 aromatic carbocycles. The topological polar surface area (TPSA) is 21.3 Å². The molecule has 0 amide bonds. The highest BCUT2D eigenvalue weighted by Gasteiger charge is 2.27. The van der Waals surface area contributed by atoms with E-state index in [0.29, 0.717) is 13.0 Å². The van der Waals surface area contributed by atoms with Crippen molar-refractivity contribution < 1.29 is 17.9 Å². The minimum Gasteiger partial charge on any atom is -0.372 e. The Morgan fingerprint density at radius 3 is 2.57 bits per heavy atom. The Morgan fingerprint density at radius 1 is 1.50 bits per heavy atom. The molecule has 1 atom stereocenters. The first-order valence-corrected chi connectivity index (χ1v) is 4.33. The molecule has 0 aliphatic carbocycles. The van der Waals surface area contributed by atoms with E-state index in [2.05, 4.69) is 16.0 Å². The highest BCUT2D eigenvalue weighted by atomic mass is 19.4. The Bertz CT molecular complexity index is 185. The number of alkyl halides is 3. The first-order chi connectivity index (χ1) is 6.49. The monoisotopic (exact) mass is 209 g/mol. The minimum atomic E-state index is -4.26. The normalized spacial score (nSPS) is 13.6. The van der Waals surface area contributed by atoms with Gasteiger partial charge in [0, 0.05) is 6.61 Å². The van der Waals surface area contributed by atoms with Crippen LogP contribution in [-0.4, -0.2) is 32.0 Å². The average molecular weight is 209 g/mol. The maximum atomic E-state index is 11.6. The molecular formula is C9H14F3NO. The van der Waals surface area contributed by atoms with Gasteiger partial charge in [-0.05, 0) is 13.0 Å². The zero-order valence-electron chi connectivity index (χ0n) is 8.03. The predicted octanol–water partition coefficient (Wildman–Crippen LogP) is 1.57. The largest absolute Gasteiger partial charge is 0.411 e. The summed E-state index contributed by atoms with van der Waals surface area (Å²) in [6, 6.07) is -0.215. The van der Waals surface area contributed by atoms with Gasteiger partial charge in [-0.2, -0.15) is 13.2 Å². The zero-order valence-corrected chi connectivity index (χ0v) is 8.03. The molecular weight excluding hydrogens is 195 g/mol. The van der Waals surface area contributed by atoms with Crippen LogP contribution in [0.15, 0.2) is 0 Å². The summed E-state index contributed by atoms with van der Waals surface area (Å²) in [5, 5.41) is 2.93. The Hall–Kier alpha value is -0.730. The summed E-state index contributed by atoms with van der Waals surface area (Å²) in [6.45, 7) is 1.37. The summed E-state index contributed by atoms with van der Waals surface area (Å²) in [6.07, 6.45) is 1.27. The van der Waals surface area contributed by atoms with Crippen LogP contribution in [0.3, 0.4) is 0 Å². The Labute approximate surface area is 81.8 Å². The summed E-state index contributed by atoms with van der Waals surface area (Å²) < 4.78 is 39.3. The number of rotatable bonds is 6. The maximum Gasteiger partial charge on any atom is 0.411 e. The summed E-state index contributed by atoms with van der Waals surface area (Å²) >= 11 is 0. The van der Waals surface area contributed by atoms with Crippen molar-refractivity contribution in [3.63, 3.8) is 0 Å². The average Bonchev–Trinajstić information content (AvgIpc) is 2.08. The third-order valence-corrected chi connectivity index (χ3v) is 1.47. The van der Waals surface area contributed by atoms with E-state index in [4.69, 9.17) is 6.42 Å². The molecule has 82 valence electrons. The third kappa shape index (κ3) is 7.90. The fourth-order valence-corrected chi connectivity index (χ4v) is 0.880. The van der Waals surface area contributed by atoms with Gasteiger partial charge in [-0.15, -0.1) is 6.42 Å². The molecule has 0 saturated heterocycles. The van der Waals surface area contributed by atoms with Gasteiger partial charge in [0.15, 0.2) is 0 Å². The van der Waals surface area contributed by atoms with Crippen LogP contribution >= 0.6 is 0 Å². The molecule has 0 aliphatic heterocycles. The van der Waals surface area contributed by atoms with Crippen LogP contribution < -0.4 is 5.32 Å². The molecule has 0 bridgehead atoms. The SMILES string of the molecule is C#CC(CCOCC(F)(F)F)NCC. The summed E-state index contributed by atoms with van der Waals surface area (Å²) in [5.74, 6) is 2.43. The highest BCUT2D eigenvalue weighted by Crippen LogP contribution is 2.14. The fourth-order valence-electron chi connectivity index (χ4n) is 0.880. The van der Waals surface area contributed by atoms with Gasteiger partial charge in [0.25, 0.3) is 0 Å². The van der Waals surface area contributed by atoms with Crippen LogP contribution in [0, 0.1) is 12.3 Å². The quantitative estimate of drug-likeness (QED) is 0.529. The lowest BCUT2D eigenvalue weighted by Gasteiger charge is -2.12. The molecule has 1 unspecified atom stereocenters. The summed E-state index contributed by atoms with van der Waals surface area (Å²) in [5.41, 5.74) is 0. The third-order valence-electron chi connectivity index (χ3n) is 1.47. The van der Waals surface area contributed by atoms with E-state index < -0.39 is 12.8 Å². The molecule has 0 rings (SSSR count). The van der Waals surface area contributed by atoms with Gasteiger partial charge >= 0.3 is 6.18 Å². The van der Waals surface area contributed by atoms with E-state index in [1.54, 1.807) is 0 Å². The number of hydrogen-bond acceptors (Lipinski definition) is 2. The molecule has 2 nitrogen and oxygen atoms in total. The van der Waals surface area contributed by atoms with E-state index >= 15 is 0 Å². The first kappa shape index (κ1) is 13.3. The van der Waals surface area contributed by atoms with Gasteiger partial charge in [-0.3, -0.25) is 0 Å². The second-order valence-corrected chi connectivity index (χ2v) is 2.73. The number of hydrogen-bond donors (Lipinski definition) is 1. The molecule has 0 aromatic rings. The summed E-state index contributed by atoms with van der Waals surface area (Å²) in [7, 11) is 0. The number of nitrogens with one attached hydrogen (secondary N) is 1. The standard InChI is InChI=1S/C9H14F3NO/c1-3-8(13-4-2)5-6-14-7-9(10,11)12/h1,8,13H,4-7H2,2H3. The fraction of sp³-hybridized carbons (Fsp3) is 0.778. The van der Waals surface area contributed by atoms with Crippen LogP contribution in [0.5, 0.6) is 0 Å². The van der Waals surface area contributed by atoms with E-state index in [1.807, 2.05) is 6.92 Å². The molecule has 0 heterocycles. The Morgan fingerprint density at radius 2 is 2.14 bits per heavy atom. The predicted molar refractivity (Wildman–Crippen MR) is 47.8 cm³/mol. The lowest BCUT2D eigenvalue weighted by atomic mass is 10.2. The molecule has 0 aliphatic rings. The molecule has 0 fully saturated rings. The molecule has 14 heavy (non-hydrogen) atoms. The van der Waals surface area contributed by atoms with Crippen LogP contribution in [-0.2, 0) is 4.74 Å². The van der Waals surface area contributed by atoms with Gasteiger partial charge in [0.1, 0.15) is 6.61 Å². The van der Waals surface area contributed by atoms with Crippen molar-refractivity contribution in [1.29, 1.82) is 0 Å². The van der Waals surface area contributed by atoms with Crippen molar-refractivity contribution in [2.75, 3.05) is 19.8 Å². The van der Waals surface area contributed by atoms with Crippen molar-refractivity contribution in [2.45, 2.75) is 25.6 Å². The molecule has 0 spiro atoms. The first-order valence-electron chi connectivity index (χ1n) is 4.33. The van der Waals surface area contributed by atoms with Crippen molar-refractivity contribution >= 4 is 0 Å². The van der Waals surface area contributed by atoms with E-state index in [-0.39, 0.29) is 12.6 Å². The lowest BCUT2D eigenvalue weighted by molar-refractivity contribution is -0.174.